The van der Waals surface area contributed by atoms with Crippen LogP contribution < -0.4 is 10.5 Å². The number of amides is 1. The Morgan fingerprint density at radius 3 is 2.48 bits per heavy atom. The molecule has 7 nitrogen and oxygen atoms in total. The molecule has 0 aliphatic heterocycles. The van der Waals surface area contributed by atoms with Gasteiger partial charge in [-0.3, -0.25) is 9.48 Å². The minimum Gasteiger partial charge on any atom is -0.350 e. The summed E-state index contributed by atoms with van der Waals surface area (Å²) in [5.74, 6) is 0.303. The Bertz CT molecular complexity index is 839. The average Bonchev–Trinajstić information content (AvgIpc) is 2.86. The van der Waals surface area contributed by atoms with Crippen molar-refractivity contribution in [3.05, 3.63) is 47.3 Å². The number of carbonyl (C=O) groups is 1. The first-order valence-electron chi connectivity index (χ1n) is 8.09. The van der Waals surface area contributed by atoms with E-state index in [2.05, 4.69) is 24.3 Å². The largest absolute Gasteiger partial charge is 0.350 e. The Hall–Kier alpha value is -2.19. The number of sulfonamides is 1. The summed E-state index contributed by atoms with van der Waals surface area (Å²) in [5, 5.41) is 12.3. The van der Waals surface area contributed by atoms with Crippen LogP contribution in [0.4, 0.5) is 0 Å². The maximum Gasteiger partial charge on any atom is 0.269 e. The molecule has 1 aromatic heterocycles. The van der Waals surface area contributed by atoms with E-state index in [1.807, 2.05) is 6.07 Å². The van der Waals surface area contributed by atoms with Crippen LogP contribution in [0.2, 0.25) is 0 Å². The van der Waals surface area contributed by atoms with Crippen LogP contribution >= 0.6 is 0 Å². The van der Waals surface area contributed by atoms with Gasteiger partial charge in [0.25, 0.3) is 5.91 Å². The number of aromatic nitrogens is 2. The van der Waals surface area contributed by atoms with Crippen LogP contribution in [0.25, 0.3) is 0 Å². The van der Waals surface area contributed by atoms with Crippen LogP contribution in [0.1, 0.15) is 35.6 Å². The zero-order valence-corrected chi connectivity index (χ0v) is 15.5. The van der Waals surface area contributed by atoms with Gasteiger partial charge in [0.1, 0.15) is 5.69 Å². The highest BCUT2D eigenvalue weighted by Gasteiger charge is 2.13. The van der Waals surface area contributed by atoms with E-state index >= 15 is 0 Å². The lowest BCUT2D eigenvalue weighted by atomic mass is 10.1. The number of hydrogen-bond donors (Lipinski definition) is 2. The molecular weight excluding hydrogens is 340 g/mol. The fourth-order valence-electron chi connectivity index (χ4n) is 2.51. The van der Waals surface area contributed by atoms with Gasteiger partial charge in [-0.05, 0) is 42.5 Å². The molecule has 0 aliphatic rings. The number of rotatable bonds is 7. The van der Waals surface area contributed by atoms with Crippen molar-refractivity contribution >= 4 is 15.9 Å². The van der Waals surface area contributed by atoms with Crippen LogP contribution in [-0.4, -0.2) is 30.7 Å². The van der Waals surface area contributed by atoms with Gasteiger partial charge in [0.05, 0.1) is 10.6 Å². The van der Waals surface area contributed by atoms with Crippen LogP contribution in [0.15, 0.2) is 35.2 Å². The number of nitrogens with two attached hydrogens (primary N) is 1. The van der Waals surface area contributed by atoms with Gasteiger partial charge >= 0.3 is 0 Å². The molecule has 0 unspecified atom stereocenters. The van der Waals surface area contributed by atoms with Crippen molar-refractivity contribution in [1.29, 1.82) is 0 Å². The summed E-state index contributed by atoms with van der Waals surface area (Å²) >= 11 is 0. The summed E-state index contributed by atoms with van der Waals surface area (Å²) in [5.41, 5.74) is 2.35. The lowest BCUT2D eigenvalue weighted by molar-refractivity contribution is 0.0944. The predicted molar refractivity (Wildman–Crippen MR) is 95.6 cm³/mol. The van der Waals surface area contributed by atoms with Crippen molar-refractivity contribution in [1.82, 2.24) is 15.1 Å². The van der Waals surface area contributed by atoms with Crippen molar-refractivity contribution in [3.63, 3.8) is 0 Å². The lowest BCUT2D eigenvalue weighted by Crippen LogP contribution is -2.27. The molecule has 136 valence electrons. The van der Waals surface area contributed by atoms with E-state index in [4.69, 9.17) is 5.14 Å². The summed E-state index contributed by atoms with van der Waals surface area (Å²) in [6, 6.07) is 8.13. The summed E-state index contributed by atoms with van der Waals surface area (Å²) in [7, 11) is -1.93. The van der Waals surface area contributed by atoms with Gasteiger partial charge < -0.3 is 5.32 Å². The first-order chi connectivity index (χ1) is 11.7. The Balaban J connectivity index is 1.91. The maximum atomic E-state index is 12.3. The monoisotopic (exact) mass is 364 g/mol. The van der Waals surface area contributed by atoms with Gasteiger partial charge in [-0.25, -0.2) is 13.6 Å². The summed E-state index contributed by atoms with van der Waals surface area (Å²) in [6.07, 6.45) is 1.42. The number of primary sulfonamides is 1. The summed E-state index contributed by atoms with van der Waals surface area (Å²) in [4.78, 5) is 12.3. The number of hydrogen-bond acceptors (Lipinski definition) is 4. The fraction of sp³-hybridized carbons (Fsp3) is 0.412. The second-order valence-electron chi connectivity index (χ2n) is 6.44. The van der Waals surface area contributed by atoms with E-state index in [9.17, 15) is 13.2 Å². The molecule has 0 atom stereocenters. The second kappa shape index (κ2) is 7.79. The van der Waals surface area contributed by atoms with E-state index < -0.39 is 10.0 Å². The summed E-state index contributed by atoms with van der Waals surface area (Å²) < 4.78 is 24.0. The molecule has 0 spiro atoms. The molecule has 0 bridgehead atoms. The molecule has 0 saturated carbocycles. The highest BCUT2D eigenvalue weighted by molar-refractivity contribution is 7.89. The zero-order valence-electron chi connectivity index (χ0n) is 14.7. The first-order valence-corrected chi connectivity index (χ1v) is 9.64. The lowest BCUT2D eigenvalue weighted by Gasteiger charge is -2.06. The Morgan fingerprint density at radius 1 is 1.28 bits per heavy atom. The molecular formula is C17H24N4O3S. The second-order valence-corrected chi connectivity index (χ2v) is 8.00. The Morgan fingerprint density at radius 2 is 1.92 bits per heavy atom. The molecule has 1 aromatic carbocycles. The van der Waals surface area contributed by atoms with Crippen LogP contribution in [-0.2, 0) is 29.9 Å². The maximum absolute atomic E-state index is 12.3. The smallest absolute Gasteiger partial charge is 0.269 e. The van der Waals surface area contributed by atoms with Crippen LogP contribution in [0, 0.1) is 5.92 Å². The van der Waals surface area contributed by atoms with E-state index in [0.29, 0.717) is 24.6 Å². The molecule has 8 heteroatoms. The number of nitrogens with one attached hydrogen (secondary N) is 1. The van der Waals surface area contributed by atoms with Gasteiger partial charge in [0.15, 0.2) is 0 Å². The van der Waals surface area contributed by atoms with E-state index in [0.717, 1.165) is 17.7 Å². The standard InChI is InChI=1S/C17H24N4O3S/c1-12(2)10-14-11-16(21(3)20-14)17(22)19-9-8-13-4-6-15(7-5-13)25(18,23)24/h4-7,11-12H,8-10H2,1-3H3,(H,19,22)(H2,18,23,24). The van der Waals surface area contributed by atoms with Crippen molar-refractivity contribution in [3.8, 4) is 0 Å². The van der Waals surface area contributed by atoms with Crippen molar-refractivity contribution in [2.24, 2.45) is 18.1 Å². The molecule has 1 amide bonds. The minimum atomic E-state index is -3.68. The van der Waals surface area contributed by atoms with Gasteiger partial charge in [-0.1, -0.05) is 26.0 Å². The fourth-order valence-corrected chi connectivity index (χ4v) is 3.03. The number of aryl methyl sites for hydroxylation is 1. The zero-order chi connectivity index (χ0) is 18.6. The third kappa shape index (κ3) is 5.40. The van der Waals surface area contributed by atoms with E-state index in [1.54, 1.807) is 23.9 Å². The van der Waals surface area contributed by atoms with Gasteiger partial charge in [-0.15, -0.1) is 0 Å². The molecule has 0 fully saturated rings. The first kappa shape index (κ1) is 19.1. The molecule has 0 saturated heterocycles. The van der Waals surface area contributed by atoms with Crippen LogP contribution in [0.3, 0.4) is 0 Å². The van der Waals surface area contributed by atoms with Crippen molar-refractivity contribution < 1.29 is 13.2 Å². The van der Waals surface area contributed by atoms with Gasteiger partial charge in [-0.2, -0.15) is 5.10 Å². The van der Waals surface area contributed by atoms with Gasteiger partial charge in [0, 0.05) is 13.6 Å². The average molecular weight is 364 g/mol. The van der Waals surface area contributed by atoms with Gasteiger partial charge in [0.2, 0.25) is 10.0 Å². The molecule has 2 aromatic rings. The van der Waals surface area contributed by atoms with Crippen LogP contribution in [0.5, 0.6) is 0 Å². The predicted octanol–water partition coefficient (Wildman–Crippen LogP) is 1.24. The highest BCUT2D eigenvalue weighted by atomic mass is 32.2. The molecule has 1 heterocycles. The number of benzene rings is 1. The SMILES string of the molecule is CC(C)Cc1cc(C(=O)NCCc2ccc(S(N)(=O)=O)cc2)n(C)n1. The normalized spacial score (nSPS) is 11.7. The molecule has 0 radical (unpaired) electrons. The Labute approximate surface area is 148 Å². The highest BCUT2D eigenvalue weighted by Crippen LogP contribution is 2.10. The molecule has 0 aliphatic carbocycles. The summed E-state index contributed by atoms with van der Waals surface area (Å²) in [6.45, 7) is 4.66. The quantitative estimate of drug-likeness (QED) is 0.770. The molecule has 3 N–H and O–H groups in total. The number of carbonyl (C=O) groups excluding carboxylic acids is 1. The molecule has 2 rings (SSSR count). The topological polar surface area (TPSA) is 107 Å². The van der Waals surface area contributed by atoms with E-state index in [1.165, 1.54) is 12.1 Å². The van der Waals surface area contributed by atoms with E-state index in [-0.39, 0.29) is 10.8 Å². The Kier molecular flexibility index (Phi) is 5.97. The van der Waals surface area contributed by atoms with Crippen molar-refractivity contribution in [2.75, 3.05) is 6.54 Å². The molecule has 25 heavy (non-hydrogen) atoms. The van der Waals surface area contributed by atoms with Crippen molar-refractivity contribution in [2.45, 2.75) is 31.6 Å². The number of nitrogens with zero attached hydrogens (tertiary/aromatic N) is 2. The third-order valence-corrected chi connectivity index (χ3v) is 4.66. The third-order valence-electron chi connectivity index (χ3n) is 3.73. The minimum absolute atomic E-state index is 0.0767.